The maximum atomic E-state index is 10.6. The molecule has 3 atom stereocenters. The van der Waals surface area contributed by atoms with E-state index >= 15 is 0 Å². The van der Waals surface area contributed by atoms with Crippen molar-refractivity contribution in [1.29, 1.82) is 0 Å². The molecule has 0 aromatic heterocycles. The summed E-state index contributed by atoms with van der Waals surface area (Å²) in [6, 6.07) is 0. The smallest absolute Gasteiger partial charge is 0.327 e. The number of aliphatic hydroxyl groups is 1. The molecule has 88 valence electrons. The van der Waals surface area contributed by atoms with Gasteiger partial charge in [0.05, 0.1) is 6.10 Å². The lowest BCUT2D eigenvalue weighted by molar-refractivity contribution is -0.135. The molecule has 0 aliphatic heterocycles. The van der Waals surface area contributed by atoms with E-state index in [1.165, 1.54) is 12.5 Å². The average Bonchev–Trinajstić information content (AvgIpc) is 2.22. The fraction of sp³-hybridized carbons (Fsp3) is 0.769. The minimum atomic E-state index is -0.900. The first-order valence-electron chi connectivity index (χ1n) is 6.19. The summed E-state index contributed by atoms with van der Waals surface area (Å²) in [4.78, 5) is 10.6. The summed E-state index contributed by atoms with van der Waals surface area (Å²) in [7, 11) is 0. The lowest BCUT2D eigenvalue weighted by Crippen LogP contribution is -2.55. The van der Waals surface area contributed by atoms with E-state index < -0.39 is 5.97 Å². The first kappa shape index (κ1) is 10.3. The Morgan fingerprint density at radius 3 is 2.38 bits per heavy atom. The minimum absolute atomic E-state index is 0.215. The van der Waals surface area contributed by atoms with Crippen molar-refractivity contribution in [2.24, 2.45) is 23.2 Å². The van der Waals surface area contributed by atoms with Crippen LogP contribution in [0.25, 0.3) is 0 Å². The van der Waals surface area contributed by atoms with Gasteiger partial charge in [-0.05, 0) is 49.9 Å². The molecule has 0 aromatic rings. The summed E-state index contributed by atoms with van der Waals surface area (Å²) < 4.78 is 0. The Morgan fingerprint density at radius 1 is 1.19 bits per heavy atom. The molecular weight excluding hydrogens is 204 g/mol. The molecule has 4 fully saturated rings. The van der Waals surface area contributed by atoms with E-state index in [1.807, 2.05) is 0 Å². The Hall–Kier alpha value is -0.830. The number of rotatable bonds is 2. The van der Waals surface area contributed by atoms with Crippen LogP contribution >= 0.6 is 0 Å². The molecule has 4 saturated carbocycles. The van der Waals surface area contributed by atoms with Crippen molar-refractivity contribution in [3.8, 4) is 0 Å². The van der Waals surface area contributed by atoms with Gasteiger partial charge in [-0.25, -0.2) is 4.79 Å². The Kier molecular flexibility index (Phi) is 2.15. The van der Waals surface area contributed by atoms with Gasteiger partial charge in [-0.3, -0.25) is 0 Å². The second-order valence-corrected chi connectivity index (χ2v) is 5.96. The summed E-state index contributed by atoms with van der Waals surface area (Å²) in [5.41, 5.74) is -0.215. The van der Waals surface area contributed by atoms with Gasteiger partial charge in [-0.1, -0.05) is 6.08 Å². The minimum Gasteiger partial charge on any atom is -0.478 e. The average molecular weight is 222 g/mol. The monoisotopic (exact) mass is 222 g/mol. The van der Waals surface area contributed by atoms with Crippen molar-refractivity contribution >= 4 is 5.97 Å². The Labute approximate surface area is 95.2 Å². The molecule has 0 aromatic carbocycles. The molecule has 3 nitrogen and oxygen atoms in total. The summed E-state index contributed by atoms with van der Waals surface area (Å²) in [6.45, 7) is 0. The molecule has 4 aliphatic rings. The Bertz CT molecular complexity index is 333. The van der Waals surface area contributed by atoms with Gasteiger partial charge in [0.25, 0.3) is 0 Å². The van der Waals surface area contributed by atoms with Gasteiger partial charge in [0.15, 0.2) is 0 Å². The van der Waals surface area contributed by atoms with Gasteiger partial charge in [0, 0.05) is 11.5 Å². The number of carboxylic acid groups (broad SMARTS) is 1. The quantitative estimate of drug-likeness (QED) is 0.701. The van der Waals surface area contributed by atoms with E-state index in [9.17, 15) is 9.90 Å². The zero-order valence-corrected chi connectivity index (χ0v) is 9.30. The molecule has 0 spiro atoms. The first-order chi connectivity index (χ1) is 7.59. The van der Waals surface area contributed by atoms with Gasteiger partial charge < -0.3 is 10.2 Å². The second kappa shape index (κ2) is 3.33. The van der Waals surface area contributed by atoms with Crippen molar-refractivity contribution in [1.82, 2.24) is 0 Å². The topological polar surface area (TPSA) is 57.5 Å². The van der Waals surface area contributed by atoms with Crippen LogP contribution in [0, 0.1) is 23.2 Å². The predicted molar refractivity (Wildman–Crippen MR) is 58.8 cm³/mol. The Morgan fingerprint density at radius 2 is 1.81 bits per heavy atom. The molecule has 16 heavy (non-hydrogen) atoms. The van der Waals surface area contributed by atoms with Crippen molar-refractivity contribution in [2.75, 3.05) is 0 Å². The predicted octanol–water partition coefficient (Wildman–Crippen LogP) is 1.81. The zero-order valence-electron chi connectivity index (χ0n) is 9.30. The van der Waals surface area contributed by atoms with Gasteiger partial charge in [0.1, 0.15) is 0 Å². The highest BCUT2D eigenvalue weighted by Crippen LogP contribution is 2.60. The number of aliphatic hydroxyl groups excluding tert-OH is 1. The van der Waals surface area contributed by atoms with Gasteiger partial charge in [-0.2, -0.15) is 0 Å². The third-order valence-corrected chi connectivity index (χ3v) is 4.87. The van der Waals surface area contributed by atoms with Crippen LogP contribution < -0.4 is 0 Å². The van der Waals surface area contributed by atoms with E-state index in [-0.39, 0.29) is 11.5 Å². The molecule has 0 saturated heterocycles. The van der Waals surface area contributed by atoms with Gasteiger partial charge in [-0.15, -0.1) is 0 Å². The van der Waals surface area contributed by atoms with Crippen LogP contribution in [0.2, 0.25) is 0 Å². The third kappa shape index (κ3) is 1.41. The first-order valence-corrected chi connectivity index (χ1v) is 6.19. The highest BCUT2D eigenvalue weighted by Gasteiger charge is 2.55. The normalized spacial score (nSPS) is 50.1. The highest BCUT2D eigenvalue weighted by molar-refractivity contribution is 5.79. The number of carbonyl (C=O) groups is 1. The molecule has 0 amide bonds. The Balaban J connectivity index is 1.90. The van der Waals surface area contributed by atoms with Crippen LogP contribution in [0.15, 0.2) is 12.2 Å². The van der Waals surface area contributed by atoms with E-state index in [4.69, 9.17) is 5.11 Å². The molecule has 2 N–H and O–H groups in total. The molecule has 0 radical (unpaired) electrons. The van der Waals surface area contributed by atoms with Crippen LogP contribution in [0.1, 0.15) is 32.1 Å². The van der Waals surface area contributed by atoms with Crippen molar-refractivity contribution < 1.29 is 15.0 Å². The second-order valence-electron chi connectivity index (χ2n) is 5.96. The van der Waals surface area contributed by atoms with Crippen LogP contribution in [-0.2, 0) is 4.79 Å². The number of hydrogen-bond acceptors (Lipinski definition) is 2. The SMILES string of the molecule is O=C(O)/C=C/C12CC3CC(CC(C3)C1O)C2. The molecular formula is C13H18O3. The lowest BCUT2D eigenvalue weighted by atomic mass is 9.48. The summed E-state index contributed by atoms with van der Waals surface area (Å²) >= 11 is 0. The number of aliphatic carboxylic acids is 1. The van der Waals surface area contributed by atoms with Crippen molar-refractivity contribution in [2.45, 2.75) is 38.2 Å². The standard InChI is InChI=1S/C13H18O3/c14-11(15)1-2-13-6-8-3-9(7-13)5-10(4-8)12(13)16/h1-2,8-10,12,16H,3-7H2,(H,14,15)/b2-1+. The van der Waals surface area contributed by atoms with Crippen LogP contribution in [0.4, 0.5) is 0 Å². The van der Waals surface area contributed by atoms with Crippen LogP contribution in [0.3, 0.4) is 0 Å². The zero-order chi connectivity index (χ0) is 11.3. The molecule has 4 rings (SSSR count). The molecule has 3 heteroatoms. The molecule has 3 unspecified atom stereocenters. The number of carboxylic acids is 1. The lowest BCUT2D eigenvalue weighted by Gasteiger charge is -2.58. The maximum Gasteiger partial charge on any atom is 0.327 e. The molecule has 4 bridgehead atoms. The largest absolute Gasteiger partial charge is 0.478 e. The van der Waals surface area contributed by atoms with E-state index in [0.717, 1.165) is 37.5 Å². The molecule has 0 heterocycles. The number of hydrogen-bond donors (Lipinski definition) is 2. The van der Waals surface area contributed by atoms with Gasteiger partial charge >= 0.3 is 5.97 Å². The van der Waals surface area contributed by atoms with Crippen LogP contribution in [0.5, 0.6) is 0 Å². The highest BCUT2D eigenvalue weighted by atomic mass is 16.4. The summed E-state index contributed by atoms with van der Waals surface area (Å²) in [5, 5.41) is 19.1. The maximum absolute atomic E-state index is 10.6. The summed E-state index contributed by atoms with van der Waals surface area (Å²) in [6.07, 6.45) is 8.29. The van der Waals surface area contributed by atoms with Crippen LogP contribution in [-0.4, -0.2) is 22.3 Å². The summed E-state index contributed by atoms with van der Waals surface area (Å²) in [5.74, 6) is 0.964. The van der Waals surface area contributed by atoms with E-state index in [0.29, 0.717) is 5.92 Å². The van der Waals surface area contributed by atoms with Crippen molar-refractivity contribution in [3.05, 3.63) is 12.2 Å². The van der Waals surface area contributed by atoms with E-state index in [2.05, 4.69) is 0 Å². The van der Waals surface area contributed by atoms with E-state index in [1.54, 1.807) is 6.08 Å². The molecule has 4 aliphatic carbocycles. The van der Waals surface area contributed by atoms with Gasteiger partial charge in [0.2, 0.25) is 0 Å². The third-order valence-electron chi connectivity index (χ3n) is 4.87. The fourth-order valence-electron chi connectivity index (χ4n) is 4.55. The fourth-order valence-corrected chi connectivity index (χ4v) is 4.55. The van der Waals surface area contributed by atoms with Crippen molar-refractivity contribution in [3.63, 3.8) is 0 Å².